The number of aromatic amines is 1. The predicted octanol–water partition coefficient (Wildman–Crippen LogP) is 1.83. The number of allylic oxidation sites excluding steroid dienone is 2. The molecule has 0 atom stereocenters. The molecule has 2 aliphatic carbocycles. The van der Waals surface area contributed by atoms with Crippen LogP contribution in [0.25, 0.3) is 0 Å². The van der Waals surface area contributed by atoms with Gasteiger partial charge in [0.1, 0.15) is 0 Å². The van der Waals surface area contributed by atoms with Crippen molar-refractivity contribution in [1.82, 2.24) is 4.98 Å². The molecule has 0 aromatic carbocycles. The number of H-pyrrole nitrogens is 1. The zero-order valence-electron chi connectivity index (χ0n) is 8.30. The lowest BCUT2D eigenvalue weighted by Crippen LogP contribution is -2.12. The zero-order chi connectivity index (χ0) is 10.4. The van der Waals surface area contributed by atoms with Gasteiger partial charge >= 0.3 is 0 Å². The number of carbonyl (C=O) groups excluding carboxylic acids is 2. The summed E-state index contributed by atoms with van der Waals surface area (Å²) >= 11 is 0. The van der Waals surface area contributed by atoms with Gasteiger partial charge in [-0.15, -0.1) is 0 Å². The van der Waals surface area contributed by atoms with E-state index in [-0.39, 0.29) is 11.6 Å². The molecule has 1 N–H and O–H groups in total. The third-order valence-corrected chi connectivity index (χ3v) is 3.17. The van der Waals surface area contributed by atoms with Crippen molar-refractivity contribution in [3.8, 4) is 0 Å². The van der Waals surface area contributed by atoms with Crippen LogP contribution < -0.4 is 0 Å². The van der Waals surface area contributed by atoms with Crippen LogP contribution in [-0.4, -0.2) is 16.6 Å². The minimum Gasteiger partial charge on any atom is -0.355 e. The van der Waals surface area contributed by atoms with Gasteiger partial charge in [-0.2, -0.15) is 0 Å². The van der Waals surface area contributed by atoms with Crippen LogP contribution in [0, 0.1) is 0 Å². The summed E-state index contributed by atoms with van der Waals surface area (Å²) in [5, 5.41) is 0. The van der Waals surface area contributed by atoms with Crippen LogP contribution in [0.15, 0.2) is 12.2 Å². The molecule has 0 unspecified atom stereocenters. The molecule has 0 spiro atoms. The van der Waals surface area contributed by atoms with Gasteiger partial charge in [-0.3, -0.25) is 9.59 Å². The van der Waals surface area contributed by atoms with Crippen LogP contribution in [-0.2, 0) is 12.8 Å². The van der Waals surface area contributed by atoms with Crippen LogP contribution in [0.5, 0.6) is 0 Å². The number of rotatable bonds is 0. The van der Waals surface area contributed by atoms with Crippen LogP contribution in [0.4, 0.5) is 0 Å². The first-order valence-corrected chi connectivity index (χ1v) is 5.28. The number of nitrogens with one attached hydrogen (secondary N) is 1. The van der Waals surface area contributed by atoms with Crippen molar-refractivity contribution in [2.24, 2.45) is 0 Å². The van der Waals surface area contributed by atoms with Crippen molar-refractivity contribution < 1.29 is 9.59 Å². The Balaban J connectivity index is 2.25. The summed E-state index contributed by atoms with van der Waals surface area (Å²) in [6.07, 6.45) is 6.88. The summed E-state index contributed by atoms with van der Waals surface area (Å²) in [5.74, 6) is -0.0944. The molecular weight excluding hydrogens is 190 g/mol. The van der Waals surface area contributed by atoms with Gasteiger partial charge in [-0.05, 0) is 43.4 Å². The van der Waals surface area contributed by atoms with E-state index >= 15 is 0 Å². The van der Waals surface area contributed by atoms with E-state index in [9.17, 15) is 9.59 Å². The van der Waals surface area contributed by atoms with Gasteiger partial charge < -0.3 is 4.98 Å². The third kappa shape index (κ3) is 1.12. The van der Waals surface area contributed by atoms with Gasteiger partial charge in [-0.25, -0.2) is 0 Å². The maximum Gasteiger partial charge on any atom is 0.202 e. The Labute approximate surface area is 87.2 Å². The largest absolute Gasteiger partial charge is 0.355 e. The first-order chi connectivity index (χ1) is 7.27. The first-order valence-electron chi connectivity index (χ1n) is 5.28. The zero-order valence-corrected chi connectivity index (χ0v) is 8.30. The Morgan fingerprint density at radius 1 is 1.00 bits per heavy atom. The first kappa shape index (κ1) is 8.65. The molecular formula is C12H11NO2. The fourth-order valence-electron chi connectivity index (χ4n) is 2.46. The van der Waals surface area contributed by atoms with Crippen LogP contribution in [0.3, 0.4) is 0 Å². The predicted molar refractivity (Wildman–Crippen MR) is 55.2 cm³/mol. The highest BCUT2D eigenvalue weighted by Crippen LogP contribution is 2.29. The van der Waals surface area contributed by atoms with E-state index in [4.69, 9.17) is 0 Å². The molecule has 1 heterocycles. The summed E-state index contributed by atoms with van der Waals surface area (Å²) in [6.45, 7) is 0. The van der Waals surface area contributed by atoms with Gasteiger partial charge in [0, 0.05) is 5.69 Å². The molecule has 2 aliphatic rings. The number of aryl methyl sites for hydroxylation is 1. The Kier molecular flexibility index (Phi) is 1.69. The Bertz CT molecular complexity index is 494. The van der Waals surface area contributed by atoms with Crippen LogP contribution in [0.2, 0.25) is 0 Å². The Morgan fingerprint density at radius 3 is 2.60 bits per heavy atom. The van der Waals surface area contributed by atoms with E-state index in [0.717, 1.165) is 36.9 Å². The molecule has 0 amide bonds. The van der Waals surface area contributed by atoms with Crippen molar-refractivity contribution in [2.75, 3.05) is 0 Å². The molecule has 0 saturated heterocycles. The summed E-state index contributed by atoms with van der Waals surface area (Å²) in [5.41, 5.74) is 3.32. The van der Waals surface area contributed by atoms with Gasteiger partial charge in [0.05, 0.1) is 11.3 Å². The molecule has 3 nitrogen and oxygen atoms in total. The second-order valence-corrected chi connectivity index (χ2v) is 4.10. The quantitative estimate of drug-likeness (QED) is 0.696. The second kappa shape index (κ2) is 2.92. The van der Waals surface area contributed by atoms with E-state index in [1.54, 1.807) is 0 Å². The maximum absolute atomic E-state index is 11.7. The Hall–Kier alpha value is -1.64. The summed E-state index contributed by atoms with van der Waals surface area (Å²) < 4.78 is 0. The maximum atomic E-state index is 11.7. The monoisotopic (exact) mass is 201 g/mol. The van der Waals surface area contributed by atoms with E-state index in [1.165, 1.54) is 12.2 Å². The summed E-state index contributed by atoms with van der Waals surface area (Å²) in [6, 6.07) is 0. The van der Waals surface area contributed by atoms with Crippen LogP contribution in [0.1, 0.15) is 44.9 Å². The number of hydrogen-bond donors (Lipinski definition) is 1. The molecule has 0 fully saturated rings. The molecule has 0 radical (unpaired) electrons. The summed E-state index contributed by atoms with van der Waals surface area (Å²) in [4.78, 5) is 26.4. The normalized spacial score (nSPS) is 18.9. The fraction of sp³-hybridized carbons (Fsp3) is 0.333. The molecule has 1 aromatic heterocycles. The van der Waals surface area contributed by atoms with Gasteiger partial charge in [-0.1, -0.05) is 0 Å². The molecule has 1 aromatic rings. The SMILES string of the molecule is O=C1C=CC(=O)c2c1[nH]c1c2CCCC1. The van der Waals surface area contributed by atoms with E-state index in [0.29, 0.717) is 11.3 Å². The second-order valence-electron chi connectivity index (χ2n) is 4.10. The average Bonchev–Trinajstić information content (AvgIpc) is 2.64. The molecule has 0 bridgehead atoms. The lowest BCUT2D eigenvalue weighted by molar-refractivity contribution is 0.0991. The van der Waals surface area contributed by atoms with Gasteiger partial charge in [0.25, 0.3) is 0 Å². The minimum atomic E-state index is -0.0704. The average molecular weight is 201 g/mol. The van der Waals surface area contributed by atoms with Crippen molar-refractivity contribution in [3.63, 3.8) is 0 Å². The minimum absolute atomic E-state index is 0.0241. The molecule has 0 saturated carbocycles. The summed E-state index contributed by atoms with van der Waals surface area (Å²) in [7, 11) is 0. The van der Waals surface area contributed by atoms with E-state index in [1.807, 2.05) is 0 Å². The Morgan fingerprint density at radius 2 is 1.73 bits per heavy atom. The lowest BCUT2D eigenvalue weighted by atomic mass is 9.90. The molecule has 76 valence electrons. The highest BCUT2D eigenvalue weighted by atomic mass is 16.1. The van der Waals surface area contributed by atoms with Crippen molar-refractivity contribution in [1.29, 1.82) is 0 Å². The molecule has 0 aliphatic heterocycles. The number of hydrogen-bond acceptors (Lipinski definition) is 2. The standard InChI is InChI=1S/C12H11NO2/c14-9-5-6-10(15)12-11(9)7-3-1-2-4-8(7)13-12/h5-6,13H,1-4H2. The molecule has 15 heavy (non-hydrogen) atoms. The third-order valence-electron chi connectivity index (χ3n) is 3.17. The topological polar surface area (TPSA) is 49.9 Å². The number of fused-ring (bicyclic) bond motifs is 3. The fourth-order valence-corrected chi connectivity index (χ4v) is 2.46. The number of carbonyl (C=O) groups is 2. The van der Waals surface area contributed by atoms with Crippen molar-refractivity contribution in [3.05, 3.63) is 34.7 Å². The van der Waals surface area contributed by atoms with Crippen LogP contribution >= 0.6 is 0 Å². The highest BCUT2D eigenvalue weighted by Gasteiger charge is 2.28. The van der Waals surface area contributed by atoms with Crippen molar-refractivity contribution >= 4 is 11.6 Å². The molecule has 3 rings (SSSR count). The molecule has 3 heteroatoms. The van der Waals surface area contributed by atoms with E-state index in [2.05, 4.69) is 4.98 Å². The number of aromatic nitrogens is 1. The van der Waals surface area contributed by atoms with Gasteiger partial charge in [0.15, 0.2) is 5.78 Å². The van der Waals surface area contributed by atoms with E-state index < -0.39 is 0 Å². The number of ketones is 2. The van der Waals surface area contributed by atoms with Crippen molar-refractivity contribution in [2.45, 2.75) is 25.7 Å². The lowest BCUT2D eigenvalue weighted by Gasteiger charge is -2.11. The smallest absolute Gasteiger partial charge is 0.202 e. The highest BCUT2D eigenvalue weighted by molar-refractivity contribution is 6.22. The van der Waals surface area contributed by atoms with Gasteiger partial charge in [0.2, 0.25) is 5.78 Å².